The number of carboxylic acid groups (broad SMARTS) is 1. The zero-order valence-electron chi connectivity index (χ0n) is 16.0. The number of carbonyl (C=O) groups is 3. The zero-order valence-corrected chi connectivity index (χ0v) is 16.8. The molecule has 0 radical (unpaired) electrons. The Labute approximate surface area is 177 Å². The molecule has 30 heavy (non-hydrogen) atoms. The van der Waals surface area contributed by atoms with Crippen molar-refractivity contribution in [3.05, 3.63) is 53.3 Å². The minimum Gasteiger partial charge on any atom is -0.478 e. The second kappa shape index (κ2) is 8.11. The molecule has 0 atom stereocenters. The molecule has 154 valence electrons. The van der Waals surface area contributed by atoms with Gasteiger partial charge in [0.15, 0.2) is 11.0 Å². The number of aromatic carboxylic acids is 1. The molecule has 2 amide bonds. The number of carbonyl (C=O) groups excluding carboxylic acids is 2. The van der Waals surface area contributed by atoms with E-state index >= 15 is 0 Å². The summed E-state index contributed by atoms with van der Waals surface area (Å²) in [5.74, 6) is -1.34. The summed E-state index contributed by atoms with van der Waals surface area (Å²) in [6.07, 6.45) is 4.77. The summed E-state index contributed by atoms with van der Waals surface area (Å²) in [4.78, 5) is 40.0. The highest BCUT2D eigenvalue weighted by Crippen LogP contribution is 2.26. The summed E-state index contributed by atoms with van der Waals surface area (Å²) in [6.45, 7) is 1.82. The summed E-state index contributed by atoms with van der Waals surface area (Å²) >= 11 is 5.15. The van der Waals surface area contributed by atoms with Gasteiger partial charge in [-0.3, -0.25) is 19.8 Å². The van der Waals surface area contributed by atoms with E-state index in [1.165, 1.54) is 30.7 Å². The van der Waals surface area contributed by atoms with E-state index in [-0.39, 0.29) is 21.9 Å². The highest BCUT2D eigenvalue weighted by Gasteiger charge is 2.35. The molecule has 9 heteroatoms. The van der Waals surface area contributed by atoms with E-state index in [2.05, 4.69) is 10.2 Å². The maximum atomic E-state index is 13.1. The fourth-order valence-electron chi connectivity index (χ4n) is 3.52. The summed E-state index contributed by atoms with van der Waals surface area (Å²) in [5, 5.41) is 11.6. The highest BCUT2D eigenvalue weighted by molar-refractivity contribution is 7.80. The van der Waals surface area contributed by atoms with E-state index in [1.54, 1.807) is 12.1 Å². The van der Waals surface area contributed by atoms with Crippen molar-refractivity contribution >= 4 is 52.8 Å². The first-order chi connectivity index (χ1) is 14.4. The van der Waals surface area contributed by atoms with Crippen molar-refractivity contribution in [1.29, 1.82) is 0 Å². The van der Waals surface area contributed by atoms with Crippen LogP contribution in [0.25, 0.3) is 6.08 Å². The number of furan rings is 1. The van der Waals surface area contributed by atoms with E-state index in [9.17, 15) is 19.5 Å². The van der Waals surface area contributed by atoms with Gasteiger partial charge in [-0.1, -0.05) is 6.07 Å². The molecule has 2 aromatic rings. The maximum Gasteiger partial charge on any atom is 0.335 e. The molecule has 0 saturated carbocycles. The molecule has 2 N–H and O–H groups in total. The number of thiocarbonyl (C=S) groups is 1. The largest absolute Gasteiger partial charge is 0.478 e. The van der Waals surface area contributed by atoms with Gasteiger partial charge in [0.1, 0.15) is 11.3 Å². The van der Waals surface area contributed by atoms with Crippen molar-refractivity contribution in [2.45, 2.75) is 19.3 Å². The molecule has 0 spiro atoms. The molecule has 3 heterocycles. The van der Waals surface area contributed by atoms with E-state index < -0.39 is 17.8 Å². The minimum absolute atomic E-state index is 0.00253. The molecule has 2 aliphatic rings. The van der Waals surface area contributed by atoms with Crippen molar-refractivity contribution in [3.8, 4) is 0 Å². The molecule has 4 rings (SSSR count). The Bertz CT molecular complexity index is 1070. The standard InChI is InChI=1S/C21H19N3O5S/c25-18-16(12-15-7-8-17(29-15)23-9-2-1-3-10-23)19(26)24(21(30)22-18)14-6-4-5-13(11-14)20(27)28/h4-8,11-12H,1-3,9-10H2,(H,27,28)(H,22,25,30). The third-order valence-corrected chi connectivity index (χ3v) is 5.30. The quantitative estimate of drug-likeness (QED) is 0.441. The highest BCUT2D eigenvalue weighted by atomic mass is 32.1. The molecule has 1 aromatic carbocycles. The summed E-state index contributed by atoms with van der Waals surface area (Å²) in [7, 11) is 0. The molecule has 0 bridgehead atoms. The molecule has 0 aliphatic carbocycles. The Morgan fingerprint density at radius 3 is 2.63 bits per heavy atom. The van der Waals surface area contributed by atoms with E-state index in [1.807, 2.05) is 6.07 Å². The van der Waals surface area contributed by atoms with Crippen LogP contribution in [0.5, 0.6) is 0 Å². The van der Waals surface area contributed by atoms with Gasteiger partial charge in [-0.25, -0.2) is 4.79 Å². The Kier molecular flexibility index (Phi) is 5.37. The predicted molar refractivity (Wildman–Crippen MR) is 114 cm³/mol. The maximum absolute atomic E-state index is 13.1. The number of hydrogen-bond donors (Lipinski definition) is 2. The first-order valence-electron chi connectivity index (χ1n) is 9.53. The molecule has 0 unspecified atom stereocenters. The SMILES string of the molecule is O=C1NC(=S)N(c2cccc(C(=O)O)c2)C(=O)C1=Cc1ccc(N2CCCCC2)o1. The lowest BCUT2D eigenvalue weighted by atomic mass is 10.1. The second-order valence-corrected chi connectivity index (χ2v) is 7.42. The van der Waals surface area contributed by atoms with Crippen molar-refractivity contribution < 1.29 is 23.9 Å². The van der Waals surface area contributed by atoms with Gasteiger partial charge in [0.05, 0.1) is 11.3 Å². The number of nitrogens with one attached hydrogen (secondary N) is 1. The monoisotopic (exact) mass is 425 g/mol. The van der Waals surface area contributed by atoms with Crippen LogP contribution in [0.2, 0.25) is 0 Å². The van der Waals surface area contributed by atoms with Crippen LogP contribution in [0, 0.1) is 0 Å². The van der Waals surface area contributed by atoms with Crippen LogP contribution in [-0.4, -0.2) is 41.1 Å². The third kappa shape index (κ3) is 3.84. The summed E-state index contributed by atoms with van der Waals surface area (Å²) < 4.78 is 5.83. The first kappa shape index (κ1) is 19.8. The van der Waals surface area contributed by atoms with E-state index in [0.29, 0.717) is 11.6 Å². The normalized spacial score (nSPS) is 18.7. The average Bonchev–Trinajstić information content (AvgIpc) is 3.20. The van der Waals surface area contributed by atoms with Crippen LogP contribution in [0.3, 0.4) is 0 Å². The van der Waals surface area contributed by atoms with Gasteiger partial charge in [0.2, 0.25) is 0 Å². The van der Waals surface area contributed by atoms with Crippen LogP contribution >= 0.6 is 12.2 Å². The van der Waals surface area contributed by atoms with E-state index in [0.717, 1.165) is 30.8 Å². The fourth-order valence-corrected chi connectivity index (χ4v) is 3.80. The first-order valence-corrected chi connectivity index (χ1v) is 9.94. The van der Waals surface area contributed by atoms with Crippen LogP contribution in [-0.2, 0) is 9.59 Å². The molecule has 2 aliphatic heterocycles. The second-order valence-electron chi connectivity index (χ2n) is 7.04. The van der Waals surface area contributed by atoms with Gasteiger partial charge in [-0.15, -0.1) is 0 Å². The van der Waals surface area contributed by atoms with Gasteiger partial charge in [0, 0.05) is 19.2 Å². The number of rotatable bonds is 4. The van der Waals surface area contributed by atoms with Gasteiger partial charge < -0.3 is 14.4 Å². The van der Waals surface area contributed by atoms with Crippen LogP contribution < -0.4 is 15.1 Å². The molecule has 2 fully saturated rings. The number of amides is 2. The smallest absolute Gasteiger partial charge is 0.335 e. The molecular formula is C21H19N3O5S. The van der Waals surface area contributed by atoms with Gasteiger partial charge in [-0.05, 0) is 61.8 Å². The Morgan fingerprint density at radius 1 is 1.13 bits per heavy atom. The number of anilines is 2. The molecular weight excluding hydrogens is 406 g/mol. The minimum atomic E-state index is -1.13. The topological polar surface area (TPSA) is 103 Å². The number of piperidine rings is 1. The lowest BCUT2D eigenvalue weighted by Crippen LogP contribution is -2.54. The van der Waals surface area contributed by atoms with Crippen molar-refractivity contribution in [2.75, 3.05) is 22.9 Å². The predicted octanol–water partition coefficient (Wildman–Crippen LogP) is 2.80. The van der Waals surface area contributed by atoms with Gasteiger partial charge in [-0.2, -0.15) is 0 Å². The van der Waals surface area contributed by atoms with Crippen LogP contribution in [0.1, 0.15) is 35.4 Å². The van der Waals surface area contributed by atoms with Crippen LogP contribution in [0.4, 0.5) is 11.6 Å². The average molecular weight is 425 g/mol. The molecule has 1 aromatic heterocycles. The van der Waals surface area contributed by atoms with E-state index in [4.69, 9.17) is 16.6 Å². The molecule has 2 saturated heterocycles. The Morgan fingerprint density at radius 2 is 1.90 bits per heavy atom. The Hall–Kier alpha value is -3.46. The molecule has 8 nitrogen and oxygen atoms in total. The number of nitrogens with zero attached hydrogens (tertiary/aromatic N) is 2. The number of benzene rings is 1. The fraction of sp³-hybridized carbons (Fsp3) is 0.238. The number of carboxylic acids is 1. The Balaban J connectivity index is 1.63. The number of hydrogen-bond acceptors (Lipinski definition) is 6. The summed E-state index contributed by atoms with van der Waals surface area (Å²) in [6, 6.07) is 9.31. The van der Waals surface area contributed by atoms with Crippen molar-refractivity contribution in [3.63, 3.8) is 0 Å². The zero-order chi connectivity index (χ0) is 21.3. The third-order valence-electron chi connectivity index (χ3n) is 5.02. The lowest BCUT2D eigenvalue weighted by molar-refractivity contribution is -0.122. The van der Waals surface area contributed by atoms with Crippen LogP contribution in [0.15, 0.2) is 46.4 Å². The van der Waals surface area contributed by atoms with Gasteiger partial charge in [0.25, 0.3) is 11.8 Å². The lowest BCUT2D eigenvalue weighted by Gasteiger charge is -2.29. The van der Waals surface area contributed by atoms with Crippen molar-refractivity contribution in [2.24, 2.45) is 0 Å². The summed E-state index contributed by atoms with van der Waals surface area (Å²) in [5.41, 5.74) is 0.107. The van der Waals surface area contributed by atoms with Crippen molar-refractivity contribution in [1.82, 2.24) is 5.32 Å². The van der Waals surface area contributed by atoms with Gasteiger partial charge >= 0.3 is 5.97 Å².